The van der Waals surface area contributed by atoms with Gasteiger partial charge in [0.1, 0.15) is 5.75 Å². The second-order valence-corrected chi connectivity index (χ2v) is 8.71. The molecule has 0 bridgehead atoms. The molecule has 2 heterocycles. The Morgan fingerprint density at radius 3 is 2.53 bits per heavy atom. The van der Waals surface area contributed by atoms with Gasteiger partial charge >= 0.3 is 6.36 Å². The van der Waals surface area contributed by atoms with Crippen molar-refractivity contribution in [1.29, 1.82) is 0 Å². The van der Waals surface area contributed by atoms with Gasteiger partial charge < -0.3 is 15.4 Å². The molecule has 186 valence electrons. The lowest BCUT2D eigenvalue weighted by Crippen LogP contribution is -2.36. The van der Waals surface area contributed by atoms with Crippen molar-refractivity contribution in [2.45, 2.75) is 44.5 Å². The van der Waals surface area contributed by atoms with Crippen LogP contribution in [0.15, 0.2) is 66.9 Å². The number of nitrogens with one attached hydrogen (secondary N) is 2. The van der Waals surface area contributed by atoms with Gasteiger partial charge in [-0.15, -0.1) is 18.3 Å². The first-order valence-corrected chi connectivity index (χ1v) is 11.7. The van der Waals surface area contributed by atoms with Crippen LogP contribution in [-0.4, -0.2) is 32.9 Å². The van der Waals surface area contributed by atoms with Crippen LogP contribution in [-0.2, 0) is 0 Å². The lowest BCUT2D eigenvalue weighted by atomic mass is 9.95. The zero-order chi connectivity index (χ0) is 25.1. The molecular formula is C26H24F3N5O2. The van der Waals surface area contributed by atoms with Gasteiger partial charge in [-0.2, -0.15) is 4.98 Å². The van der Waals surface area contributed by atoms with E-state index in [2.05, 4.69) is 25.5 Å². The number of fused-ring (bicyclic) bond motifs is 1. The van der Waals surface area contributed by atoms with E-state index >= 15 is 0 Å². The Bertz CT molecular complexity index is 1360. The van der Waals surface area contributed by atoms with E-state index in [0.29, 0.717) is 34.0 Å². The van der Waals surface area contributed by atoms with E-state index in [1.54, 1.807) is 53.2 Å². The van der Waals surface area contributed by atoms with Gasteiger partial charge in [0.05, 0.1) is 0 Å². The van der Waals surface area contributed by atoms with Crippen LogP contribution in [0.1, 0.15) is 42.5 Å². The van der Waals surface area contributed by atoms with Crippen LogP contribution in [0.3, 0.4) is 0 Å². The van der Waals surface area contributed by atoms with Crippen LogP contribution in [0.4, 0.5) is 24.8 Å². The summed E-state index contributed by atoms with van der Waals surface area (Å²) in [5.41, 5.74) is 2.85. The van der Waals surface area contributed by atoms with Gasteiger partial charge in [0.15, 0.2) is 5.65 Å². The molecule has 10 heteroatoms. The summed E-state index contributed by atoms with van der Waals surface area (Å²) in [6.45, 7) is 0. The Labute approximate surface area is 205 Å². The summed E-state index contributed by atoms with van der Waals surface area (Å²) in [5.74, 6) is -0.0855. The van der Waals surface area contributed by atoms with Crippen molar-refractivity contribution >= 4 is 23.2 Å². The van der Waals surface area contributed by atoms with E-state index in [9.17, 15) is 18.0 Å². The van der Waals surface area contributed by atoms with Crippen molar-refractivity contribution < 1.29 is 22.7 Å². The molecule has 1 aliphatic rings. The average Bonchev–Trinajstić information content (AvgIpc) is 3.27. The van der Waals surface area contributed by atoms with Crippen LogP contribution >= 0.6 is 0 Å². The van der Waals surface area contributed by atoms with E-state index in [1.807, 2.05) is 0 Å². The Balaban J connectivity index is 1.32. The third-order valence-corrected chi connectivity index (χ3v) is 6.08. The van der Waals surface area contributed by atoms with Gasteiger partial charge in [0.2, 0.25) is 5.95 Å². The van der Waals surface area contributed by atoms with Crippen molar-refractivity contribution in [2.24, 2.45) is 0 Å². The quantitative estimate of drug-likeness (QED) is 0.338. The van der Waals surface area contributed by atoms with Gasteiger partial charge in [-0.05, 0) is 66.9 Å². The smallest absolute Gasteiger partial charge is 0.406 e. The van der Waals surface area contributed by atoms with E-state index < -0.39 is 6.36 Å². The zero-order valence-electron chi connectivity index (χ0n) is 19.3. The van der Waals surface area contributed by atoms with Crippen molar-refractivity contribution in [1.82, 2.24) is 19.9 Å². The molecular weight excluding hydrogens is 471 g/mol. The number of rotatable bonds is 6. The number of alkyl halides is 3. The van der Waals surface area contributed by atoms with Crippen molar-refractivity contribution in [3.8, 4) is 16.9 Å². The highest BCUT2D eigenvalue weighted by molar-refractivity contribution is 5.94. The van der Waals surface area contributed by atoms with Crippen LogP contribution in [0.5, 0.6) is 5.75 Å². The summed E-state index contributed by atoms with van der Waals surface area (Å²) in [6, 6.07) is 16.5. The van der Waals surface area contributed by atoms with Crippen LogP contribution < -0.4 is 15.4 Å². The fraction of sp³-hybridized carbons (Fsp3) is 0.269. The van der Waals surface area contributed by atoms with Gasteiger partial charge in [-0.3, -0.25) is 4.79 Å². The lowest BCUT2D eigenvalue weighted by molar-refractivity contribution is -0.274. The number of anilines is 2. The molecule has 5 rings (SSSR count). The molecule has 0 aliphatic heterocycles. The van der Waals surface area contributed by atoms with Gasteiger partial charge in [0, 0.05) is 29.1 Å². The summed E-state index contributed by atoms with van der Waals surface area (Å²) >= 11 is 0. The maximum Gasteiger partial charge on any atom is 0.573 e. The first kappa shape index (κ1) is 23.7. The Kier molecular flexibility index (Phi) is 6.49. The molecule has 0 unspecified atom stereocenters. The fourth-order valence-electron chi connectivity index (χ4n) is 4.39. The van der Waals surface area contributed by atoms with Crippen molar-refractivity contribution in [2.75, 3.05) is 5.32 Å². The topological polar surface area (TPSA) is 80.5 Å². The number of aromatic nitrogens is 3. The summed E-state index contributed by atoms with van der Waals surface area (Å²) in [6.07, 6.45) is 2.49. The number of benzene rings is 2. The summed E-state index contributed by atoms with van der Waals surface area (Å²) in [7, 11) is 0. The highest BCUT2D eigenvalue weighted by Crippen LogP contribution is 2.30. The SMILES string of the molecule is O=C(NC1CCCCC1)c1ccc(Nc2nc3c(-c4cccc(OC(F)(F)F)c4)cccn3n2)cc1. The van der Waals surface area contributed by atoms with E-state index in [0.717, 1.165) is 25.7 Å². The molecule has 1 saturated carbocycles. The number of hydrogen-bond acceptors (Lipinski definition) is 5. The Morgan fingerprint density at radius 2 is 1.78 bits per heavy atom. The number of amides is 1. The number of halogens is 3. The molecule has 1 amide bonds. The number of carbonyl (C=O) groups excluding carboxylic acids is 1. The highest BCUT2D eigenvalue weighted by atomic mass is 19.4. The van der Waals surface area contributed by atoms with E-state index in [-0.39, 0.29) is 17.7 Å². The normalized spacial score (nSPS) is 14.5. The highest BCUT2D eigenvalue weighted by Gasteiger charge is 2.31. The maximum atomic E-state index is 12.6. The maximum absolute atomic E-state index is 12.6. The summed E-state index contributed by atoms with van der Waals surface area (Å²) in [5, 5.41) is 10.6. The molecule has 2 aromatic heterocycles. The molecule has 2 N–H and O–H groups in total. The van der Waals surface area contributed by atoms with Gasteiger partial charge in [-0.1, -0.05) is 31.4 Å². The fourth-order valence-corrected chi connectivity index (χ4v) is 4.39. The lowest BCUT2D eigenvalue weighted by Gasteiger charge is -2.22. The molecule has 2 aromatic carbocycles. The first-order chi connectivity index (χ1) is 17.3. The third kappa shape index (κ3) is 5.59. The molecule has 1 aliphatic carbocycles. The Morgan fingerprint density at radius 1 is 1.00 bits per heavy atom. The molecule has 0 spiro atoms. The van der Waals surface area contributed by atoms with Gasteiger partial charge in [-0.25, -0.2) is 4.52 Å². The molecule has 36 heavy (non-hydrogen) atoms. The standard InChI is InChI=1S/C26H24F3N5O2/c27-26(28,29)36-21-9-4-6-18(16-21)22-10-5-15-34-23(22)32-25(33-34)31-20-13-11-17(12-14-20)24(35)30-19-7-2-1-3-8-19/h4-6,9-16,19H,1-3,7-8H2,(H,30,35)(H,31,33). The second-order valence-electron chi connectivity index (χ2n) is 8.71. The minimum atomic E-state index is -4.78. The monoisotopic (exact) mass is 495 g/mol. The third-order valence-electron chi connectivity index (χ3n) is 6.08. The van der Waals surface area contributed by atoms with E-state index in [1.165, 1.54) is 24.6 Å². The zero-order valence-corrected chi connectivity index (χ0v) is 19.3. The predicted molar refractivity (Wildman–Crippen MR) is 129 cm³/mol. The van der Waals surface area contributed by atoms with Crippen LogP contribution in [0.2, 0.25) is 0 Å². The second kappa shape index (κ2) is 9.88. The molecule has 0 atom stereocenters. The van der Waals surface area contributed by atoms with E-state index in [4.69, 9.17) is 0 Å². The van der Waals surface area contributed by atoms with Crippen molar-refractivity contribution in [3.63, 3.8) is 0 Å². The minimum absolute atomic E-state index is 0.0827. The van der Waals surface area contributed by atoms with Crippen molar-refractivity contribution in [3.05, 3.63) is 72.4 Å². The first-order valence-electron chi connectivity index (χ1n) is 11.7. The predicted octanol–water partition coefficient (Wildman–Crippen LogP) is 6.10. The number of pyridine rings is 1. The van der Waals surface area contributed by atoms with Crippen LogP contribution in [0, 0.1) is 0 Å². The Hall–Kier alpha value is -4.08. The number of ether oxygens (including phenoxy) is 1. The van der Waals surface area contributed by atoms with Crippen LogP contribution in [0.25, 0.3) is 16.8 Å². The largest absolute Gasteiger partial charge is 0.573 e. The van der Waals surface area contributed by atoms with Gasteiger partial charge in [0.25, 0.3) is 5.91 Å². The molecule has 0 radical (unpaired) electrons. The molecule has 0 saturated heterocycles. The number of hydrogen-bond donors (Lipinski definition) is 2. The number of nitrogens with zero attached hydrogens (tertiary/aromatic N) is 3. The number of carbonyl (C=O) groups is 1. The molecule has 7 nitrogen and oxygen atoms in total. The summed E-state index contributed by atoms with van der Waals surface area (Å²) < 4.78 is 43.5. The average molecular weight is 496 g/mol. The molecule has 4 aromatic rings. The molecule has 1 fully saturated rings. The summed E-state index contributed by atoms with van der Waals surface area (Å²) in [4.78, 5) is 17.1. The minimum Gasteiger partial charge on any atom is -0.406 e.